The summed E-state index contributed by atoms with van der Waals surface area (Å²) in [5, 5.41) is 0. The van der Waals surface area contributed by atoms with Crippen LogP contribution in [0.3, 0.4) is 0 Å². The second kappa shape index (κ2) is 21.6. The van der Waals surface area contributed by atoms with Gasteiger partial charge in [0.05, 0.1) is 12.1 Å². The fraction of sp³-hybridized carbons (Fsp3) is 0.949. The average molecular weight is 1360 g/mol. The van der Waals surface area contributed by atoms with Gasteiger partial charge in [0.25, 0.3) is 0 Å². The lowest BCUT2D eigenvalue weighted by Crippen LogP contribution is -2.76. The fourth-order valence-electron chi connectivity index (χ4n) is 7.35. The van der Waals surface area contributed by atoms with Crippen molar-refractivity contribution in [3.05, 3.63) is 0 Å². The predicted octanol–water partition coefficient (Wildman–Crippen LogP) is 17.8. The summed E-state index contributed by atoms with van der Waals surface area (Å²) in [5.74, 6) is -167. The second-order valence-electron chi connectivity index (χ2n) is 19.5. The fourth-order valence-corrected chi connectivity index (χ4v) is 7.35. The van der Waals surface area contributed by atoms with E-state index in [2.05, 4.69) is 9.98 Å². The maximum Gasteiger partial charge on any atom is 0.460 e. The highest BCUT2D eigenvalue weighted by Crippen LogP contribution is 2.69. The number of ether oxygens (including phenoxy) is 2. The number of hydrogen-bond donors (Lipinski definition) is 0. The van der Waals surface area contributed by atoms with E-state index in [1.165, 1.54) is 0 Å². The monoisotopic (exact) mass is 1360 g/mol. The molecule has 0 aliphatic carbocycles. The molecule has 4 nitrogen and oxygen atoms in total. The summed E-state index contributed by atoms with van der Waals surface area (Å²) in [6, 6.07) is -2.87. The van der Waals surface area contributed by atoms with E-state index in [-0.39, 0.29) is 0 Å². The summed E-state index contributed by atoms with van der Waals surface area (Å²) in [6.45, 7) is 2.76. The largest absolute Gasteiger partial charge is 0.478 e. The summed E-state index contributed by atoms with van der Waals surface area (Å²) in [6.07, 6.45) is -32.8. The molecule has 2 aliphatic rings. The van der Waals surface area contributed by atoms with Crippen molar-refractivity contribution in [1.29, 1.82) is 0 Å². The molecule has 0 fully saturated rings. The van der Waals surface area contributed by atoms with E-state index in [0.717, 1.165) is 27.7 Å². The third kappa shape index (κ3) is 10.8. The third-order valence-electron chi connectivity index (χ3n) is 13.0. The lowest BCUT2D eigenvalue weighted by Gasteiger charge is -2.44. The molecular weight excluding hydrogens is 1330 g/mol. The van der Waals surface area contributed by atoms with Gasteiger partial charge in [-0.1, -0.05) is 27.7 Å². The van der Waals surface area contributed by atoms with Crippen molar-refractivity contribution in [2.24, 2.45) is 27.2 Å². The molecule has 0 saturated carbocycles. The maximum absolute atomic E-state index is 15.2. The van der Waals surface area contributed by atoms with Crippen molar-refractivity contribution in [3.63, 3.8) is 0 Å². The van der Waals surface area contributed by atoms with Crippen LogP contribution in [0.2, 0.25) is 0 Å². The molecule has 46 heteroatoms. The Morgan fingerprint density at radius 2 is 0.459 bits per heavy atom. The molecule has 2 rings (SSSR count). The van der Waals surface area contributed by atoms with E-state index in [1.807, 2.05) is 0 Å². The van der Waals surface area contributed by atoms with Crippen LogP contribution in [0.5, 0.6) is 0 Å². The molecule has 0 aromatic rings. The number of nitrogens with zero attached hydrogens (tertiary/aromatic N) is 2. The van der Waals surface area contributed by atoms with Crippen LogP contribution in [0.1, 0.15) is 66.2 Å². The average Bonchev–Trinajstić information content (AvgIpc) is 2.22. The zero-order chi connectivity index (χ0) is 68.4. The Morgan fingerprint density at radius 1 is 0.282 bits per heavy atom. The Balaban J connectivity index is 2.84. The van der Waals surface area contributed by atoms with Gasteiger partial charge in [-0.15, -0.1) is 0 Å². The highest BCUT2D eigenvalue weighted by Gasteiger charge is 3.00. The normalized spacial score (nSPS) is 19.7. The first-order valence-corrected chi connectivity index (χ1v) is 22.1. The van der Waals surface area contributed by atoms with Gasteiger partial charge in [-0.2, -0.15) is 184 Å². The van der Waals surface area contributed by atoms with Gasteiger partial charge in [-0.3, -0.25) is 0 Å². The first-order chi connectivity index (χ1) is 36.7. The summed E-state index contributed by atoms with van der Waals surface area (Å²) >= 11 is 0. The van der Waals surface area contributed by atoms with E-state index in [1.54, 1.807) is 0 Å². The minimum absolute atomic E-state index is 0.934. The van der Waals surface area contributed by atoms with Crippen molar-refractivity contribution < 1.29 is 194 Å². The number of halogens is 42. The van der Waals surface area contributed by atoms with Crippen molar-refractivity contribution in [1.82, 2.24) is 0 Å². The third-order valence-corrected chi connectivity index (χ3v) is 13.0. The summed E-state index contributed by atoms with van der Waals surface area (Å²) in [7, 11) is 0. The summed E-state index contributed by atoms with van der Waals surface area (Å²) in [5.41, 5.74) is -3.41. The van der Waals surface area contributed by atoms with Gasteiger partial charge < -0.3 is 9.47 Å². The Hall–Kier alpha value is -4.00. The number of hydrogen-bond acceptors (Lipinski definition) is 4. The molecule has 2 heterocycles. The molecule has 2 atom stereocenters. The highest BCUT2D eigenvalue weighted by atomic mass is 19.5. The van der Waals surface area contributed by atoms with Crippen molar-refractivity contribution in [3.8, 4) is 0 Å². The minimum Gasteiger partial charge on any atom is -0.478 e. The van der Waals surface area contributed by atoms with E-state index < -0.39 is 212 Å². The van der Waals surface area contributed by atoms with Crippen molar-refractivity contribution in [2.75, 3.05) is 13.2 Å². The first-order valence-electron chi connectivity index (χ1n) is 22.1. The van der Waals surface area contributed by atoms with Crippen LogP contribution in [-0.2, 0) is 9.47 Å². The van der Waals surface area contributed by atoms with Gasteiger partial charge in [0, 0.05) is 12.8 Å². The van der Waals surface area contributed by atoms with E-state index in [0.29, 0.717) is 0 Å². The van der Waals surface area contributed by atoms with Crippen LogP contribution in [-0.4, -0.2) is 156 Å². The van der Waals surface area contributed by atoms with Crippen LogP contribution in [0, 0.1) is 17.3 Å². The van der Waals surface area contributed by atoms with Crippen LogP contribution in [0.4, 0.5) is 184 Å². The Bertz CT molecular complexity index is 2250. The topological polar surface area (TPSA) is 43.2 Å². The molecular formula is C39H32F42N2O2. The van der Waals surface area contributed by atoms with Gasteiger partial charge in [0.2, 0.25) is 0 Å². The standard InChI is InChI=1S/C39H32F42N2O2/c1-13(2)15-11-84-17(82-15)19(18-83-16(12-85-18)14(3)4,7-5-9-20(40,41)22(44,45)24(48,49)26(52,53)28(56,57)30(60,61)32(64,65)34(68,69)36(72,73)38(76,77)78)8-6-10-21(42,43)23(46,47)25(50,51)27(54,55)29(58,59)31(62,63)33(66,67)35(70,71)37(74,75)39(79,80)81/h13-16H,5-12H2,1-4H3/t15-,16-/m1/s1. The number of aliphatic imine (C=N–C) groups is 2. The Labute approximate surface area is 444 Å². The van der Waals surface area contributed by atoms with Crippen LogP contribution >= 0.6 is 0 Å². The van der Waals surface area contributed by atoms with Crippen LogP contribution in [0.15, 0.2) is 9.98 Å². The quantitative estimate of drug-likeness (QED) is 0.0733. The molecule has 0 aromatic heterocycles. The van der Waals surface area contributed by atoms with E-state index in [4.69, 9.17) is 9.47 Å². The molecule has 0 unspecified atom stereocenters. The number of rotatable bonds is 28. The molecule has 0 radical (unpaired) electrons. The van der Waals surface area contributed by atoms with Gasteiger partial charge >= 0.3 is 119 Å². The second-order valence-corrected chi connectivity index (χ2v) is 19.5. The zero-order valence-electron chi connectivity index (χ0n) is 41.1. The summed E-state index contributed by atoms with van der Waals surface area (Å²) < 4.78 is 600. The van der Waals surface area contributed by atoms with E-state index in [9.17, 15) is 167 Å². The zero-order valence-corrected chi connectivity index (χ0v) is 41.1. The molecule has 2 aliphatic heterocycles. The maximum atomic E-state index is 15.2. The first kappa shape index (κ1) is 77.1. The Kier molecular flexibility index (Phi) is 19.6. The highest BCUT2D eigenvalue weighted by molar-refractivity contribution is 6.06. The molecule has 0 spiro atoms. The van der Waals surface area contributed by atoms with Crippen LogP contribution < -0.4 is 0 Å². The molecule has 0 aromatic carbocycles. The minimum atomic E-state index is -9.61. The van der Waals surface area contributed by atoms with Crippen LogP contribution in [0.25, 0.3) is 0 Å². The molecule has 504 valence electrons. The Morgan fingerprint density at radius 3 is 0.624 bits per heavy atom. The lowest BCUT2D eigenvalue weighted by molar-refractivity contribution is -0.474. The SMILES string of the molecule is CC(C)[C@H]1COC(C(CCCC(F)(F)C(F)(F)C(F)(F)C(F)(F)C(F)(F)C(F)(F)C(F)(F)C(F)(F)C(F)(F)C(F)(F)F)(CCCC(F)(F)C(F)(F)C(F)(F)C(F)(F)C(F)(F)C(F)(F)C(F)(F)C(F)(F)C(F)(F)C(F)(F)F)C2=N[C@@H](C(C)C)CO2)=N1. The van der Waals surface area contributed by atoms with Crippen molar-refractivity contribution >= 4 is 11.8 Å². The van der Waals surface area contributed by atoms with Gasteiger partial charge in [-0.05, 0) is 37.5 Å². The molecule has 85 heavy (non-hydrogen) atoms. The molecule has 0 bridgehead atoms. The van der Waals surface area contributed by atoms with E-state index >= 15 is 17.6 Å². The van der Waals surface area contributed by atoms with Crippen molar-refractivity contribution in [2.45, 2.75) is 197 Å². The summed E-state index contributed by atoms with van der Waals surface area (Å²) in [4.78, 5) is 7.49. The number of alkyl halides is 42. The molecule has 0 saturated heterocycles. The predicted molar refractivity (Wildman–Crippen MR) is 195 cm³/mol. The lowest BCUT2D eigenvalue weighted by atomic mass is 9.76. The van der Waals surface area contributed by atoms with Gasteiger partial charge in [-0.25, -0.2) is 9.98 Å². The smallest absolute Gasteiger partial charge is 0.460 e. The van der Waals surface area contributed by atoms with Gasteiger partial charge in [0.15, 0.2) is 11.8 Å². The molecule has 0 N–H and O–H groups in total. The molecule has 0 amide bonds. The van der Waals surface area contributed by atoms with Gasteiger partial charge in [0.1, 0.15) is 18.6 Å².